The maximum atomic E-state index is 11.8. The average Bonchev–Trinajstić information content (AvgIpc) is 2.44. The van der Waals surface area contributed by atoms with E-state index in [1.807, 2.05) is 24.3 Å². The van der Waals surface area contributed by atoms with Crippen LogP contribution in [0.15, 0.2) is 24.3 Å². The Bertz CT molecular complexity index is 574. The van der Waals surface area contributed by atoms with Gasteiger partial charge in [0.1, 0.15) is 0 Å². The molecule has 110 valence electrons. The van der Waals surface area contributed by atoms with E-state index < -0.39 is 10.0 Å². The second kappa shape index (κ2) is 8.72. The second-order valence-electron chi connectivity index (χ2n) is 4.15. The van der Waals surface area contributed by atoms with Gasteiger partial charge in [0.15, 0.2) is 0 Å². The van der Waals surface area contributed by atoms with Gasteiger partial charge < -0.3 is 10.5 Å². The molecule has 0 aromatic heterocycles. The molecular formula is C14H20N2O3S. The van der Waals surface area contributed by atoms with Crippen LogP contribution in [0.2, 0.25) is 0 Å². The summed E-state index contributed by atoms with van der Waals surface area (Å²) >= 11 is 0. The Labute approximate surface area is 120 Å². The number of nitrogens with two attached hydrogens (primary N) is 1. The number of hydrogen-bond acceptors (Lipinski definition) is 4. The molecule has 1 aromatic rings. The lowest BCUT2D eigenvalue weighted by atomic mass is 10.1. The lowest BCUT2D eigenvalue weighted by Crippen LogP contribution is -2.26. The molecule has 6 heteroatoms. The van der Waals surface area contributed by atoms with Crippen LogP contribution in [0, 0.1) is 11.8 Å². The van der Waals surface area contributed by atoms with Gasteiger partial charge in [-0.3, -0.25) is 0 Å². The Hall–Kier alpha value is -1.39. The number of sulfonamides is 1. The third-order valence-corrected chi connectivity index (χ3v) is 4.00. The molecule has 0 spiro atoms. The Morgan fingerprint density at radius 1 is 1.35 bits per heavy atom. The van der Waals surface area contributed by atoms with Crippen molar-refractivity contribution >= 4 is 10.0 Å². The zero-order valence-electron chi connectivity index (χ0n) is 11.6. The highest BCUT2D eigenvalue weighted by Gasteiger charge is 2.10. The van der Waals surface area contributed by atoms with Gasteiger partial charge in [0, 0.05) is 25.8 Å². The zero-order chi connectivity index (χ0) is 14.8. The van der Waals surface area contributed by atoms with Crippen molar-refractivity contribution < 1.29 is 13.2 Å². The van der Waals surface area contributed by atoms with Gasteiger partial charge in [-0.05, 0) is 18.1 Å². The van der Waals surface area contributed by atoms with Crippen molar-refractivity contribution in [1.82, 2.24) is 4.72 Å². The summed E-state index contributed by atoms with van der Waals surface area (Å²) in [7, 11) is -1.74. The minimum absolute atomic E-state index is 0.0531. The van der Waals surface area contributed by atoms with Crippen LogP contribution in [-0.2, 0) is 21.3 Å². The monoisotopic (exact) mass is 296 g/mol. The van der Waals surface area contributed by atoms with E-state index in [0.29, 0.717) is 13.0 Å². The van der Waals surface area contributed by atoms with Crippen LogP contribution >= 0.6 is 0 Å². The summed E-state index contributed by atoms with van der Waals surface area (Å²) in [4.78, 5) is 0. The van der Waals surface area contributed by atoms with Crippen LogP contribution in [0.4, 0.5) is 0 Å². The molecule has 1 rings (SSSR count). The van der Waals surface area contributed by atoms with E-state index in [-0.39, 0.29) is 18.8 Å². The summed E-state index contributed by atoms with van der Waals surface area (Å²) in [5, 5.41) is 0. The van der Waals surface area contributed by atoms with E-state index in [2.05, 4.69) is 16.6 Å². The average molecular weight is 296 g/mol. The molecule has 0 atom stereocenters. The SMILES string of the molecule is COCCCS(=O)(=O)NCc1ccccc1C#CCN. The van der Waals surface area contributed by atoms with Gasteiger partial charge >= 0.3 is 0 Å². The Morgan fingerprint density at radius 3 is 2.80 bits per heavy atom. The fourth-order valence-corrected chi connectivity index (χ4v) is 2.61. The summed E-state index contributed by atoms with van der Waals surface area (Å²) in [6, 6.07) is 7.40. The second-order valence-corrected chi connectivity index (χ2v) is 6.08. The quantitative estimate of drug-likeness (QED) is 0.565. The molecule has 0 aliphatic rings. The highest BCUT2D eigenvalue weighted by molar-refractivity contribution is 7.89. The largest absolute Gasteiger partial charge is 0.385 e. The lowest BCUT2D eigenvalue weighted by Gasteiger charge is -2.08. The molecule has 3 N–H and O–H groups in total. The topological polar surface area (TPSA) is 81.4 Å². The van der Waals surface area contributed by atoms with Crippen molar-refractivity contribution in [2.75, 3.05) is 26.0 Å². The standard InChI is InChI=1S/C14H20N2O3S/c1-19-10-5-11-20(17,18)16-12-14-7-3-2-6-13(14)8-4-9-15/h2-3,6-7,16H,5,9-12,15H2,1H3. The van der Waals surface area contributed by atoms with Crippen LogP contribution < -0.4 is 10.5 Å². The summed E-state index contributed by atoms with van der Waals surface area (Å²) in [6.45, 7) is 0.932. The Kier molecular flexibility index (Phi) is 7.26. The molecule has 20 heavy (non-hydrogen) atoms. The molecule has 1 aromatic carbocycles. The van der Waals surface area contributed by atoms with Crippen molar-refractivity contribution in [3.05, 3.63) is 35.4 Å². The van der Waals surface area contributed by atoms with Gasteiger partial charge in [-0.15, -0.1) is 0 Å². The maximum Gasteiger partial charge on any atom is 0.211 e. The number of hydrogen-bond donors (Lipinski definition) is 2. The van der Waals surface area contributed by atoms with Crippen LogP contribution in [0.1, 0.15) is 17.5 Å². The predicted octanol–water partition coefficient (Wildman–Crippen LogP) is 0.453. The molecule has 0 bridgehead atoms. The van der Waals surface area contributed by atoms with Gasteiger partial charge in [-0.2, -0.15) is 0 Å². The van der Waals surface area contributed by atoms with Crippen LogP contribution in [-0.4, -0.2) is 34.4 Å². The third-order valence-electron chi connectivity index (χ3n) is 2.59. The zero-order valence-corrected chi connectivity index (χ0v) is 12.4. The minimum atomic E-state index is -3.29. The smallest absolute Gasteiger partial charge is 0.211 e. The van der Waals surface area contributed by atoms with E-state index in [0.717, 1.165) is 11.1 Å². The fraction of sp³-hybridized carbons (Fsp3) is 0.429. The summed E-state index contributed by atoms with van der Waals surface area (Å²) in [5.74, 6) is 5.75. The van der Waals surface area contributed by atoms with Crippen molar-refractivity contribution in [1.29, 1.82) is 0 Å². The van der Waals surface area contributed by atoms with Gasteiger partial charge in [-0.1, -0.05) is 30.0 Å². The van der Waals surface area contributed by atoms with Crippen LogP contribution in [0.3, 0.4) is 0 Å². The number of nitrogens with one attached hydrogen (secondary N) is 1. The molecule has 0 radical (unpaired) electrons. The molecule has 0 aliphatic carbocycles. The highest BCUT2D eigenvalue weighted by Crippen LogP contribution is 2.07. The lowest BCUT2D eigenvalue weighted by molar-refractivity contribution is 0.199. The number of benzene rings is 1. The van der Waals surface area contributed by atoms with E-state index in [1.54, 1.807) is 7.11 Å². The first-order chi connectivity index (χ1) is 9.59. The summed E-state index contributed by atoms with van der Waals surface area (Å²) in [6.07, 6.45) is 0.473. The van der Waals surface area contributed by atoms with E-state index in [1.165, 1.54) is 0 Å². The van der Waals surface area contributed by atoms with E-state index in [4.69, 9.17) is 10.5 Å². The molecule has 0 amide bonds. The summed E-state index contributed by atoms with van der Waals surface area (Å²) < 4.78 is 31.0. The van der Waals surface area contributed by atoms with Gasteiger partial charge in [0.05, 0.1) is 12.3 Å². The molecule has 0 saturated heterocycles. The maximum absolute atomic E-state index is 11.8. The predicted molar refractivity (Wildman–Crippen MR) is 79.5 cm³/mol. The first kappa shape index (κ1) is 16.7. The fourth-order valence-electron chi connectivity index (χ4n) is 1.60. The molecule has 0 aliphatic heterocycles. The number of methoxy groups -OCH3 is 1. The van der Waals surface area contributed by atoms with Crippen LogP contribution in [0.5, 0.6) is 0 Å². The third kappa shape index (κ3) is 6.17. The van der Waals surface area contributed by atoms with Crippen molar-refractivity contribution in [2.24, 2.45) is 5.73 Å². The first-order valence-electron chi connectivity index (χ1n) is 6.32. The van der Waals surface area contributed by atoms with Gasteiger partial charge in [0.25, 0.3) is 0 Å². The molecule has 0 fully saturated rings. The number of ether oxygens (including phenoxy) is 1. The van der Waals surface area contributed by atoms with Crippen LogP contribution in [0.25, 0.3) is 0 Å². The van der Waals surface area contributed by atoms with Gasteiger partial charge in [-0.25, -0.2) is 13.1 Å². The first-order valence-corrected chi connectivity index (χ1v) is 7.97. The van der Waals surface area contributed by atoms with Crippen molar-refractivity contribution in [3.63, 3.8) is 0 Å². The van der Waals surface area contributed by atoms with Crippen molar-refractivity contribution in [3.8, 4) is 11.8 Å². The van der Waals surface area contributed by atoms with E-state index in [9.17, 15) is 8.42 Å². The summed E-state index contributed by atoms with van der Waals surface area (Å²) in [5.41, 5.74) is 6.97. The Morgan fingerprint density at radius 2 is 2.10 bits per heavy atom. The van der Waals surface area contributed by atoms with Gasteiger partial charge in [0.2, 0.25) is 10.0 Å². The molecule has 0 unspecified atom stereocenters. The van der Waals surface area contributed by atoms with E-state index >= 15 is 0 Å². The normalized spacial score (nSPS) is 10.9. The Balaban J connectivity index is 2.65. The molecule has 0 heterocycles. The molecular weight excluding hydrogens is 276 g/mol. The highest BCUT2D eigenvalue weighted by atomic mass is 32.2. The molecule has 5 nitrogen and oxygen atoms in total. The minimum Gasteiger partial charge on any atom is -0.385 e. The molecule has 0 saturated carbocycles. The number of rotatable bonds is 7. The van der Waals surface area contributed by atoms with Crippen molar-refractivity contribution in [2.45, 2.75) is 13.0 Å².